The molecule has 0 atom stereocenters. The van der Waals surface area contributed by atoms with E-state index in [1.807, 2.05) is 6.07 Å². The van der Waals surface area contributed by atoms with Crippen LogP contribution in [0.4, 0.5) is 0 Å². The molecule has 0 radical (unpaired) electrons. The molecule has 0 saturated heterocycles. The molecule has 0 aliphatic heterocycles. The van der Waals surface area contributed by atoms with Crippen molar-refractivity contribution >= 4 is 11.7 Å². The predicted octanol–water partition coefficient (Wildman–Crippen LogP) is 1.44. The second-order valence-corrected chi connectivity index (χ2v) is 4.34. The molecule has 1 aliphatic carbocycles. The summed E-state index contributed by atoms with van der Waals surface area (Å²) in [6, 6.07) is 9.11. The Hall–Kier alpha value is -2.61. The average molecular weight is 255 g/mol. The van der Waals surface area contributed by atoms with E-state index >= 15 is 0 Å². The van der Waals surface area contributed by atoms with Gasteiger partial charge in [0.2, 0.25) is 0 Å². The van der Waals surface area contributed by atoms with Crippen LogP contribution in [0.1, 0.15) is 24.0 Å². The third kappa shape index (κ3) is 3.42. The van der Waals surface area contributed by atoms with Crippen molar-refractivity contribution in [2.45, 2.75) is 18.9 Å². The van der Waals surface area contributed by atoms with Gasteiger partial charge in [-0.25, -0.2) is 4.79 Å². The first-order chi connectivity index (χ1) is 9.10. The number of carboxylic acid groups (broad SMARTS) is 1. The number of aliphatic imine (C=N–C) groups is 1. The number of nitrogens with two attached hydrogens (primary N) is 1. The maximum Gasteiger partial charge on any atom is 0.351 e. The monoisotopic (exact) mass is 255 g/mol. The lowest BCUT2D eigenvalue weighted by atomic mass is 10.1. The number of nitriles is 1. The first-order valence-corrected chi connectivity index (χ1v) is 5.89. The molecule has 1 saturated carbocycles. The molecule has 96 valence electrons. The summed E-state index contributed by atoms with van der Waals surface area (Å²) in [6.07, 6.45) is 3.39. The van der Waals surface area contributed by atoms with Gasteiger partial charge in [0.1, 0.15) is 5.70 Å². The Morgan fingerprint density at radius 3 is 2.53 bits per heavy atom. The van der Waals surface area contributed by atoms with Crippen molar-refractivity contribution in [3.8, 4) is 6.07 Å². The largest absolute Gasteiger partial charge is 0.477 e. The number of aliphatic carboxylic acids is 1. The standard InChI is InChI=1S/C14H13N3O2/c15-8-9-1-3-10(4-2-9)13(17-11-5-6-11)7-12(16)14(18)19/h1-4,7,11H,5-6,16H2,(H,18,19). The number of carboxylic acids is 1. The summed E-state index contributed by atoms with van der Waals surface area (Å²) < 4.78 is 0. The summed E-state index contributed by atoms with van der Waals surface area (Å²) in [5.41, 5.74) is 7.04. The van der Waals surface area contributed by atoms with E-state index in [4.69, 9.17) is 16.1 Å². The van der Waals surface area contributed by atoms with Gasteiger partial charge in [-0.05, 0) is 36.6 Å². The molecular weight excluding hydrogens is 242 g/mol. The Labute approximate surface area is 110 Å². The van der Waals surface area contributed by atoms with Crippen LogP contribution in [0.2, 0.25) is 0 Å². The zero-order valence-corrected chi connectivity index (χ0v) is 10.2. The fraction of sp³-hybridized carbons (Fsp3) is 0.214. The van der Waals surface area contributed by atoms with Crippen LogP contribution < -0.4 is 5.73 Å². The number of allylic oxidation sites excluding steroid dienone is 1. The second kappa shape index (κ2) is 5.36. The smallest absolute Gasteiger partial charge is 0.351 e. The van der Waals surface area contributed by atoms with E-state index in [0.717, 1.165) is 18.4 Å². The van der Waals surface area contributed by atoms with Gasteiger partial charge in [-0.3, -0.25) is 4.99 Å². The van der Waals surface area contributed by atoms with E-state index in [9.17, 15) is 4.79 Å². The van der Waals surface area contributed by atoms with Crippen molar-refractivity contribution in [2.75, 3.05) is 0 Å². The van der Waals surface area contributed by atoms with Crippen molar-refractivity contribution in [1.29, 1.82) is 5.26 Å². The lowest BCUT2D eigenvalue weighted by Gasteiger charge is -2.03. The second-order valence-electron chi connectivity index (χ2n) is 4.34. The molecule has 1 aromatic rings. The minimum Gasteiger partial charge on any atom is -0.477 e. The third-order valence-corrected chi connectivity index (χ3v) is 2.72. The summed E-state index contributed by atoms with van der Waals surface area (Å²) in [4.78, 5) is 15.2. The molecule has 0 heterocycles. The van der Waals surface area contributed by atoms with Gasteiger partial charge in [0, 0.05) is 0 Å². The van der Waals surface area contributed by atoms with E-state index < -0.39 is 5.97 Å². The van der Waals surface area contributed by atoms with Crippen LogP contribution in [0.15, 0.2) is 41.0 Å². The highest BCUT2D eigenvalue weighted by atomic mass is 16.4. The third-order valence-electron chi connectivity index (χ3n) is 2.72. The molecule has 5 nitrogen and oxygen atoms in total. The molecule has 1 aromatic carbocycles. The Morgan fingerprint density at radius 2 is 2.05 bits per heavy atom. The van der Waals surface area contributed by atoms with E-state index in [0.29, 0.717) is 11.3 Å². The highest BCUT2D eigenvalue weighted by Gasteiger charge is 2.21. The molecule has 0 aromatic heterocycles. The summed E-state index contributed by atoms with van der Waals surface area (Å²) in [5.74, 6) is -1.17. The Bertz CT molecular complexity index is 590. The number of hydrogen-bond donors (Lipinski definition) is 2. The predicted molar refractivity (Wildman–Crippen MR) is 70.6 cm³/mol. The van der Waals surface area contributed by atoms with E-state index in [1.165, 1.54) is 6.08 Å². The van der Waals surface area contributed by atoms with Gasteiger partial charge >= 0.3 is 5.97 Å². The van der Waals surface area contributed by atoms with Crippen molar-refractivity contribution in [2.24, 2.45) is 10.7 Å². The molecule has 0 amide bonds. The van der Waals surface area contributed by atoms with Crippen LogP contribution >= 0.6 is 0 Å². The van der Waals surface area contributed by atoms with Crippen molar-refractivity contribution < 1.29 is 9.90 Å². The van der Waals surface area contributed by atoms with Gasteiger partial charge in [-0.15, -0.1) is 0 Å². The molecule has 0 spiro atoms. The minimum atomic E-state index is -1.17. The molecule has 2 rings (SSSR count). The summed E-state index contributed by atoms with van der Waals surface area (Å²) >= 11 is 0. The highest BCUT2D eigenvalue weighted by Crippen LogP contribution is 2.25. The molecular formula is C14H13N3O2. The zero-order valence-electron chi connectivity index (χ0n) is 10.2. The van der Waals surface area contributed by atoms with Crippen molar-refractivity contribution in [3.05, 3.63) is 47.2 Å². The first-order valence-electron chi connectivity index (χ1n) is 5.89. The number of rotatable bonds is 4. The van der Waals surface area contributed by atoms with Gasteiger partial charge < -0.3 is 10.8 Å². The molecule has 1 aliphatic rings. The van der Waals surface area contributed by atoms with Crippen LogP contribution in [0.3, 0.4) is 0 Å². The SMILES string of the molecule is N#Cc1ccc(C(C=C(N)C(=O)O)=NC2CC2)cc1. The maximum absolute atomic E-state index is 10.8. The molecule has 1 fully saturated rings. The molecule has 0 bridgehead atoms. The van der Waals surface area contributed by atoms with E-state index in [-0.39, 0.29) is 11.7 Å². The van der Waals surface area contributed by atoms with E-state index in [2.05, 4.69) is 4.99 Å². The Kier molecular flexibility index (Phi) is 3.62. The van der Waals surface area contributed by atoms with Crippen LogP contribution in [-0.2, 0) is 4.79 Å². The number of carbonyl (C=O) groups is 1. The van der Waals surface area contributed by atoms with Crippen LogP contribution in [0.5, 0.6) is 0 Å². The normalized spacial score (nSPS) is 15.9. The average Bonchev–Trinajstić information content (AvgIpc) is 3.22. The lowest BCUT2D eigenvalue weighted by Crippen LogP contribution is -2.13. The first kappa shape index (κ1) is 12.8. The van der Waals surface area contributed by atoms with Gasteiger partial charge in [0.05, 0.1) is 23.4 Å². The number of nitrogens with zero attached hydrogens (tertiary/aromatic N) is 2. The van der Waals surface area contributed by atoms with Crippen LogP contribution in [-0.4, -0.2) is 22.8 Å². The van der Waals surface area contributed by atoms with Gasteiger partial charge in [0.25, 0.3) is 0 Å². The lowest BCUT2D eigenvalue weighted by molar-refractivity contribution is -0.132. The summed E-state index contributed by atoms with van der Waals surface area (Å²) in [6.45, 7) is 0. The maximum atomic E-state index is 10.8. The topological polar surface area (TPSA) is 99.5 Å². The van der Waals surface area contributed by atoms with Crippen molar-refractivity contribution in [1.82, 2.24) is 0 Å². The summed E-state index contributed by atoms with van der Waals surface area (Å²) in [5, 5.41) is 17.6. The molecule has 5 heteroatoms. The highest BCUT2D eigenvalue weighted by molar-refractivity contribution is 6.11. The number of benzene rings is 1. The molecule has 19 heavy (non-hydrogen) atoms. The number of hydrogen-bond acceptors (Lipinski definition) is 4. The minimum absolute atomic E-state index is 0.247. The zero-order chi connectivity index (χ0) is 13.8. The fourth-order valence-corrected chi connectivity index (χ4v) is 1.52. The summed E-state index contributed by atoms with van der Waals surface area (Å²) in [7, 11) is 0. The van der Waals surface area contributed by atoms with Crippen LogP contribution in [0, 0.1) is 11.3 Å². The Morgan fingerprint density at radius 1 is 1.42 bits per heavy atom. The van der Waals surface area contributed by atoms with Crippen LogP contribution in [0.25, 0.3) is 0 Å². The van der Waals surface area contributed by atoms with Gasteiger partial charge in [-0.2, -0.15) is 5.26 Å². The van der Waals surface area contributed by atoms with E-state index in [1.54, 1.807) is 24.3 Å². The van der Waals surface area contributed by atoms with Gasteiger partial charge in [-0.1, -0.05) is 12.1 Å². The molecule has 0 unspecified atom stereocenters. The van der Waals surface area contributed by atoms with Gasteiger partial charge in [0.15, 0.2) is 0 Å². The molecule has 3 N–H and O–H groups in total. The quantitative estimate of drug-likeness (QED) is 0.628. The Balaban J connectivity index is 2.35. The van der Waals surface area contributed by atoms with Crippen molar-refractivity contribution in [3.63, 3.8) is 0 Å². The fourth-order valence-electron chi connectivity index (χ4n) is 1.52.